The predicted molar refractivity (Wildman–Crippen MR) is 113 cm³/mol. The van der Waals surface area contributed by atoms with Crippen LogP contribution in [-0.2, 0) is 6.42 Å². The van der Waals surface area contributed by atoms with Gasteiger partial charge < -0.3 is 18.9 Å². The highest BCUT2D eigenvalue weighted by Crippen LogP contribution is 2.41. The third kappa shape index (κ3) is 3.11. The van der Waals surface area contributed by atoms with E-state index in [9.17, 15) is 0 Å². The van der Waals surface area contributed by atoms with Crippen molar-refractivity contribution in [1.82, 2.24) is 0 Å². The molecule has 1 heterocycles. The van der Waals surface area contributed by atoms with E-state index in [2.05, 4.69) is 29.4 Å². The maximum Gasteiger partial charge on any atom is 0.161 e. The van der Waals surface area contributed by atoms with Gasteiger partial charge in [0.1, 0.15) is 0 Å². The van der Waals surface area contributed by atoms with Crippen molar-refractivity contribution in [2.24, 2.45) is 10.9 Å². The molecule has 28 heavy (non-hydrogen) atoms. The quantitative estimate of drug-likeness (QED) is 0.585. The van der Waals surface area contributed by atoms with Crippen molar-refractivity contribution < 1.29 is 18.9 Å². The molecule has 0 N–H and O–H groups in total. The van der Waals surface area contributed by atoms with Gasteiger partial charge in [-0.1, -0.05) is 6.07 Å². The molecule has 1 aliphatic heterocycles. The van der Waals surface area contributed by atoms with Crippen LogP contribution in [0.2, 0.25) is 0 Å². The Morgan fingerprint density at radius 3 is 1.89 bits per heavy atom. The summed E-state index contributed by atoms with van der Waals surface area (Å²) in [4.78, 5) is 4.41. The molecular formula is C23H25NO4. The number of hydrogen-bond donors (Lipinski definition) is 0. The average molecular weight is 379 g/mol. The van der Waals surface area contributed by atoms with Gasteiger partial charge in [0.2, 0.25) is 0 Å². The van der Waals surface area contributed by atoms with Crippen LogP contribution >= 0.6 is 0 Å². The Hall–Kier alpha value is -2.95. The molecule has 146 valence electrons. The lowest BCUT2D eigenvalue weighted by atomic mass is 9.90. The number of aliphatic imine (C=N–C) groups is 1. The number of ether oxygens (including phenoxy) is 4. The highest BCUT2D eigenvalue weighted by molar-refractivity contribution is 6.11. The molecule has 0 radical (unpaired) electrons. The van der Waals surface area contributed by atoms with E-state index in [-0.39, 0.29) is 0 Å². The van der Waals surface area contributed by atoms with Crippen LogP contribution in [0, 0.1) is 5.92 Å². The van der Waals surface area contributed by atoms with E-state index >= 15 is 0 Å². The van der Waals surface area contributed by atoms with Gasteiger partial charge in [0, 0.05) is 12.8 Å². The van der Waals surface area contributed by atoms with Crippen LogP contribution in [0.15, 0.2) is 35.3 Å². The van der Waals surface area contributed by atoms with Crippen molar-refractivity contribution in [3.63, 3.8) is 0 Å². The van der Waals surface area contributed by atoms with E-state index in [0.29, 0.717) is 17.4 Å². The molecule has 0 spiro atoms. The summed E-state index contributed by atoms with van der Waals surface area (Å²) in [5.41, 5.74) is 1.27. The Morgan fingerprint density at radius 1 is 0.750 bits per heavy atom. The minimum Gasteiger partial charge on any atom is -0.493 e. The molecule has 0 fully saturated rings. The van der Waals surface area contributed by atoms with E-state index in [4.69, 9.17) is 18.9 Å². The Labute approximate surface area is 164 Å². The molecule has 0 saturated heterocycles. The Morgan fingerprint density at radius 2 is 1.32 bits per heavy atom. The van der Waals surface area contributed by atoms with Gasteiger partial charge in [0.15, 0.2) is 23.0 Å². The molecule has 0 amide bonds. The van der Waals surface area contributed by atoms with Crippen molar-refractivity contribution in [3.8, 4) is 23.0 Å². The second kappa shape index (κ2) is 7.58. The second-order valence-electron chi connectivity index (χ2n) is 7.02. The first-order valence-electron chi connectivity index (χ1n) is 9.41. The van der Waals surface area contributed by atoms with Gasteiger partial charge in [-0.05, 0) is 70.1 Å². The average Bonchev–Trinajstić information content (AvgIpc) is 3.24. The molecule has 3 aromatic rings. The fourth-order valence-corrected chi connectivity index (χ4v) is 4.02. The molecule has 0 bridgehead atoms. The largest absolute Gasteiger partial charge is 0.493 e. The maximum atomic E-state index is 5.57. The van der Waals surface area contributed by atoms with Crippen LogP contribution in [0.25, 0.3) is 21.5 Å². The normalized spacial score (nSPS) is 15.9. The number of fused-ring (bicyclic) bond motifs is 3. The molecular weight excluding hydrogens is 354 g/mol. The summed E-state index contributed by atoms with van der Waals surface area (Å²) in [5.74, 6) is 3.35. The van der Waals surface area contributed by atoms with Crippen LogP contribution < -0.4 is 18.9 Å². The van der Waals surface area contributed by atoms with Crippen molar-refractivity contribution in [1.29, 1.82) is 0 Å². The van der Waals surface area contributed by atoms with E-state index in [0.717, 1.165) is 52.4 Å². The maximum absolute atomic E-state index is 5.57. The lowest BCUT2D eigenvalue weighted by Crippen LogP contribution is -2.03. The number of rotatable bonds is 6. The van der Waals surface area contributed by atoms with Crippen molar-refractivity contribution >= 4 is 27.8 Å². The van der Waals surface area contributed by atoms with Crippen LogP contribution in [0.5, 0.6) is 23.0 Å². The van der Waals surface area contributed by atoms with E-state index in [1.807, 2.05) is 12.1 Å². The Bertz CT molecular complexity index is 1060. The fraction of sp³-hybridized carbons (Fsp3) is 0.348. The first kappa shape index (κ1) is 18.4. The van der Waals surface area contributed by atoms with Gasteiger partial charge in [0.05, 0.1) is 28.4 Å². The van der Waals surface area contributed by atoms with Gasteiger partial charge in [-0.15, -0.1) is 0 Å². The van der Waals surface area contributed by atoms with Crippen molar-refractivity contribution in [3.05, 3.63) is 35.9 Å². The second-order valence-corrected chi connectivity index (χ2v) is 7.02. The zero-order valence-corrected chi connectivity index (χ0v) is 16.7. The highest BCUT2D eigenvalue weighted by Gasteiger charge is 2.18. The van der Waals surface area contributed by atoms with Crippen LogP contribution in [0.1, 0.15) is 12.0 Å². The predicted octanol–water partition coefficient (Wildman–Crippen LogP) is 4.66. The summed E-state index contributed by atoms with van der Waals surface area (Å²) in [6.45, 7) is 0.915. The Balaban J connectivity index is 2.02. The molecule has 0 aliphatic carbocycles. The first-order chi connectivity index (χ1) is 13.7. The van der Waals surface area contributed by atoms with Gasteiger partial charge in [-0.2, -0.15) is 0 Å². The van der Waals surface area contributed by atoms with Gasteiger partial charge in [0.25, 0.3) is 0 Å². The topological polar surface area (TPSA) is 49.3 Å². The first-order valence-corrected chi connectivity index (χ1v) is 9.41. The van der Waals surface area contributed by atoms with Crippen LogP contribution in [-0.4, -0.2) is 41.2 Å². The van der Waals surface area contributed by atoms with Crippen molar-refractivity contribution in [2.45, 2.75) is 12.8 Å². The third-order valence-electron chi connectivity index (χ3n) is 5.47. The Kier molecular flexibility index (Phi) is 4.99. The standard InChI is InChI=1S/C23H25NO4/c1-25-20-9-16-8-15(7-14-5-6-24-13-14)17-10-22(27-3)23(28-4)12-19(17)18(16)11-21(20)26-2/h8-14H,5-7H2,1-4H3. The van der Waals surface area contributed by atoms with Crippen molar-refractivity contribution in [2.75, 3.05) is 35.0 Å². The van der Waals surface area contributed by atoms with E-state index in [1.165, 1.54) is 5.56 Å². The number of methoxy groups -OCH3 is 4. The monoisotopic (exact) mass is 379 g/mol. The SMILES string of the molecule is COc1cc2cc(CC3C=NCC3)c3cc(OC)c(OC)cc3c2cc1OC. The highest BCUT2D eigenvalue weighted by atomic mass is 16.5. The summed E-state index contributed by atoms with van der Waals surface area (Å²) >= 11 is 0. The summed E-state index contributed by atoms with van der Waals surface area (Å²) in [7, 11) is 6.65. The zero-order valence-electron chi connectivity index (χ0n) is 16.7. The zero-order chi connectivity index (χ0) is 19.7. The molecule has 0 saturated carbocycles. The number of benzene rings is 3. The minimum atomic E-state index is 0.467. The summed E-state index contributed by atoms with van der Waals surface area (Å²) < 4.78 is 22.2. The lowest BCUT2D eigenvalue weighted by molar-refractivity contribution is 0.355. The molecule has 5 heteroatoms. The molecule has 1 unspecified atom stereocenters. The van der Waals surface area contributed by atoms with Crippen LogP contribution in [0.4, 0.5) is 0 Å². The van der Waals surface area contributed by atoms with E-state index < -0.39 is 0 Å². The molecule has 0 aromatic heterocycles. The summed E-state index contributed by atoms with van der Waals surface area (Å²) in [6.07, 6.45) is 4.13. The molecule has 1 atom stereocenters. The molecule has 1 aliphatic rings. The summed E-state index contributed by atoms with van der Waals surface area (Å²) in [5, 5.41) is 4.48. The van der Waals surface area contributed by atoms with Gasteiger partial charge in [-0.25, -0.2) is 0 Å². The fourth-order valence-electron chi connectivity index (χ4n) is 4.02. The van der Waals surface area contributed by atoms with E-state index in [1.54, 1.807) is 28.4 Å². The molecule has 4 rings (SSSR count). The smallest absolute Gasteiger partial charge is 0.161 e. The van der Waals surface area contributed by atoms with Gasteiger partial charge >= 0.3 is 0 Å². The lowest BCUT2D eigenvalue weighted by Gasteiger charge is -2.17. The van der Waals surface area contributed by atoms with Gasteiger partial charge in [-0.3, -0.25) is 4.99 Å². The molecule has 3 aromatic carbocycles. The third-order valence-corrected chi connectivity index (χ3v) is 5.47. The minimum absolute atomic E-state index is 0.467. The molecule has 5 nitrogen and oxygen atoms in total. The van der Waals surface area contributed by atoms with Crippen LogP contribution in [0.3, 0.4) is 0 Å². The number of nitrogens with zero attached hydrogens (tertiary/aromatic N) is 1. The summed E-state index contributed by atoms with van der Waals surface area (Å²) in [6, 6.07) is 10.4. The number of hydrogen-bond acceptors (Lipinski definition) is 5.